The van der Waals surface area contributed by atoms with Crippen LogP contribution in [0.25, 0.3) is 0 Å². The van der Waals surface area contributed by atoms with Crippen molar-refractivity contribution in [3.05, 3.63) is 57.4 Å². The average molecular weight is 450 g/mol. The summed E-state index contributed by atoms with van der Waals surface area (Å²) < 4.78 is 0.953. The monoisotopic (exact) mass is 450 g/mol. The van der Waals surface area contributed by atoms with E-state index < -0.39 is 0 Å². The number of hydrogen-bond donors (Lipinski definition) is 1. The van der Waals surface area contributed by atoms with Crippen LogP contribution in [0, 0.1) is 3.57 Å². The standard InChI is InChI=1S/C18H19IN4O2/c1-22-7-9-23(10-8-22)18(25)15-11-14(19)4-5-16(15)21-17(24)13-3-2-6-20-12-13/h2-6,11-12H,7-10H2,1H3,(H,21,24). The molecule has 0 bridgehead atoms. The highest BCUT2D eigenvalue weighted by molar-refractivity contribution is 14.1. The summed E-state index contributed by atoms with van der Waals surface area (Å²) in [4.78, 5) is 33.3. The number of likely N-dealkylation sites (N-methyl/N-ethyl adjacent to an activating group) is 1. The normalized spacial score (nSPS) is 15.0. The molecular weight excluding hydrogens is 431 g/mol. The zero-order valence-electron chi connectivity index (χ0n) is 13.9. The Balaban J connectivity index is 1.83. The lowest BCUT2D eigenvalue weighted by molar-refractivity contribution is 0.0665. The van der Waals surface area contributed by atoms with Gasteiger partial charge in [0, 0.05) is 42.1 Å². The Labute approximate surface area is 160 Å². The Morgan fingerprint density at radius 1 is 1.16 bits per heavy atom. The maximum atomic E-state index is 12.9. The lowest BCUT2D eigenvalue weighted by atomic mass is 10.1. The van der Waals surface area contributed by atoms with Crippen LogP contribution in [0.15, 0.2) is 42.7 Å². The molecule has 1 aromatic carbocycles. The number of hydrogen-bond acceptors (Lipinski definition) is 4. The number of aromatic nitrogens is 1. The van der Waals surface area contributed by atoms with Gasteiger partial charge in [0.2, 0.25) is 0 Å². The van der Waals surface area contributed by atoms with Crippen molar-refractivity contribution in [1.29, 1.82) is 0 Å². The number of benzene rings is 1. The molecule has 0 saturated carbocycles. The van der Waals surface area contributed by atoms with Crippen LogP contribution in [0.3, 0.4) is 0 Å². The lowest BCUT2D eigenvalue weighted by Crippen LogP contribution is -2.47. The molecule has 1 aliphatic rings. The average Bonchev–Trinajstić information content (AvgIpc) is 2.64. The Hall–Kier alpha value is -2.00. The quantitative estimate of drug-likeness (QED) is 0.730. The van der Waals surface area contributed by atoms with Crippen LogP contribution in [0.1, 0.15) is 20.7 Å². The first-order chi connectivity index (χ1) is 12.0. The van der Waals surface area contributed by atoms with E-state index in [2.05, 4.69) is 37.8 Å². The van der Waals surface area contributed by atoms with E-state index in [1.165, 1.54) is 6.20 Å². The summed E-state index contributed by atoms with van der Waals surface area (Å²) in [6.45, 7) is 3.09. The molecule has 0 aliphatic carbocycles. The summed E-state index contributed by atoms with van der Waals surface area (Å²) in [7, 11) is 2.05. The van der Waals surface area contributed by atoms with Gasteiger partial charge in [-0.25, -0.2) is 0 Å². The van der Waals surface area contributed by atoms with Crippen molar-refractivity contribution in [3.63, 3.8) is 0 Å². The van der Waals surface area contributed by atoms with Gasteiger partial charge in [-0.2, -0.15) is 0 Å². The SMILES string of the molecule is CN1CCN(C(=O)c2cc(I)ccc2NC(=O)c2cccnc2)CC1. The first-order valence-corrected chi connectivity index (χ1v) is 9.11. The van der Waals surface area contributed by atoms with Gasteiger partial charge in [0.25, 0.3) is 11.8 Å². The number of pyridine rings is 1. The molecule has 3 rings (SSSR count). The van der Waals surface area contributed by atoms with E-state index in [1.807, 2.05) is 24.1 Å². The fourth-order valence-corrected chi connectivity index (χ4v) is 3.17. The molecule has 2 amide bonds. The second-order valence-electron chi connectivity index (χ2n) is 5.98. The number of nitrogens with zero attached hydrogens (tertiary/aromatic N) is 3. The van der Waals surface area contributed by atoms with Crippen LogP contribution in [-0.4, -0.2) is 59.8 Å². The summed E-state index contributed by atoms with van der Waals surface area (Å²) in [5, 5.41) is 2.84. The molecule has 2 heterocycles. The van der Waals surface area contributed by atoms with Crippen molar-refractivity contribution in [3.8, 4) is 0 Å². The Bertz CT molecular complexity index is 774. The van der Waals surface area contributed by atoms with Gasteiger partial charge in [-0.05, 0) is 60.0 Å². The maximum Gasteiger partial charge on any atom is 0.257 e. The highest BCUT2D eigenvalue weighted by Gasteiger charge is 2.23. The zero-order chi connectivity index (χ0) is 17.8. The third-order valence-corrected chi connectivity index (χ3v) is 4.85. The number of nitrogens with one attached hydrogen (secondary N) is 1. The Morgan fingerprint density at radius 2 is 1.92 bits per heavy atom. The number of rotatable bonds is 3. The lowest BCUT2D eigenvalue weighted by Gasteiger charge is -2.32. The van der Waals surface area contributed by atoms with E-state index in [9.17, 15) is 9.59 Å². The van der Waals surface area contributed by atoms with Gasteiger partial charge in [0.05, 0.1) is 16.8 Å². The van der Waals surface area contributed by atoms with Gasteiger partial charge in [0.15, 0.2) is 0 Å². The highest BCUT2D eigenvalue weighted by Crippen LogP contribution is 2.22. The van der Waals surface area contributed by atoms with Gasteiger partial charge in [-0.1, -0.05) is 0 Å². The highest BCUT2D eigenvalue weighted by atomic mass is 127. The largest absolute Gasteiger partial charge is 0.336 e. The fraction of sp³-hybridized carbons (Fsp3) is 0.278. The third-order valence-electron chi connectivity index (χ3n) is 4.17. The Morgan fingerprint density at radius 3 is 2.60 bits per heavy atom. The van der Waals surface area contributed by atoms with Gasteiger partial charge >= 0.3 is 0 Å². The number of piperazine rings is 1. The van der Waals surface area contributed by atoms with Crippen molar-refractivity contribution in [1.82, 2.24) is 14.8 Å². The van der Waals surface area contributed by atoms with Crippen molar-refractivity contribution >= 4 is 40.1 Å². The minimum atomic E-state index is -0.276. The number of halogens is 1. The number of amides is 2. The molecule has 0 radical (unpaired) electrons. The summed E-state index contributed by atoms with van der Waals surface area (Å²) in [5.41, 5.74) is 1.51. The first-order valence-electron chi connectivity index (χ1n) is 8.03. The van der Waals surface area contributed by atoms with E-state index in [1.54, 1.807) is 24.4 Å². The van der Waals surface area contributed by atoms with Gasteiger partial charge in [-0.15, -0.1) is 0 Å². The van der Waals surface area contributed by atoms with Crippen LogP contribution in [0.4, 0.5) is 5.69 Å². The summed E-state index contributed by atoms with van der Waals surface area (Å²) in [5.74, 6) is -0.324. The molecule has 1 N–H and O–H groups in total. The third kappa shape index (κ3) is 4.35. The summed E-state index contributed by atoms with van der Waals surface area (Å²) >= 11 is 2.17. The van der Waals surface area contributed by atoms with E-state index in [0.717, 1.165) is 16.7 Å². The molecule has 2 aromatic rings. The molecule has 1 aliphatic heterocycles. The van der Waals surface area contributed by atoms with Gasteiger partial charge in [-0.3, -0.25) is 14.6 Å². The van der Waals surface area contributed by atoms with Crippen LogP contribution in [-0.2, 0) is 0 Å². The number of carbonyl (C=O) groups is 2. The van der Waals surface area contributed by atoms with Crippen LogP contribution in [0.5, 0.6) is 0 Å². The minimum Gasteiger partial charge on any atom is -0.336 e. The fourth-order valence-electron chi connectivity index (χ4n) is 2.67. The van der Waals surface area contributed by atoms with E-state index >= 15 is 0 Å². The molecular formula is C18H19IN4O2. The predicted octanol–water partition coefficient (Wildman–Crippen LogP) is 2.33. The molecule has 0 spiro atoms. The topological polar surface area (TPSA) is 65.5 Å². The van der Waals surface area contributed by atoms with Crippen LogP contribution < -0.4 is 5.32 Å². The minimum absolute atomic E-state index is 0.0481. The van der Waals surface area contributed by atoms with E-state index in [0.29, 0.717) is 29.9 Å². The number of anilines is 1. The molecule has 130 valence electrons. The van der Waals surface area contributed by atoms with Crippen LogP contribution in [0.2, 0.25) is 0 Å². The van der Waals surface area contributed by atoms with Crippen molar-refractivity contribution in [2.75, 3.05) is 38.5 Å². The number of carbonyl (C=O) groups excluding carboxylic acids is 2. The molecule has 0 unspecified atom stereocenters. The molecule has 1 fully saturated rings. The maximum absolute atomic E-state index is 12.9. The van der Waals surface area contributed by atoms with E-state index in [-0.39, 0.29) is 11.8 Å². The smallest absolute Gasteiger partial charge is 0.257 e. The van der Waals surface area contributed by atoms with Crippen molar-refractivity contribution in [2.24, 2.45) is 0 Å². The second-order valence-corrected chi connectivity index (χ2v) is 7.23. The first kappa shape index (κ1) is 17.8. The molecule has 1 saturated heterocycles. The Kier molecular flexibility index (Phi) is 5.64. The molecule has 0 atom stereocenters. The van der Waals surface area contributed by atoms with Gasteiger partial charge < -0.3 is 15.1 Å². The molecule has 7 heteroatoms. The molecule has 25 heavy (non-hydrogen) atoms. The predicted molar refractivity (Wildman–Crippen MR) is 105 cm³/mol. The van der Waals surface area contributed by atoms with Crippen LogP contribution >= 0.6 is 22.6 Å². The summed E-state index contributed by atoms with van der Waals surface area (Å²) in [6, 6.07) is 8.87. The van der Waals surface area contributed by atoms with Crippen molar-refractivity contribution in [2.45, 2.75) is 0 Å². The molecule has 1 aromatic heterocycles. The molecule has 6 nitrogen and oxygen atoms in total. The van der Waals surface area contributed by atoms with Crippen molar-refractivity contribution < 1.29 is 9.59 Å². The second kappa shape index (κ2) is 7.92. The van der Waals surface area contributed by atoms with Gasteiger partial charge in [0.1, 0.15) is 0 Å². The zero-order valence-corrected chi connectivity index (χ0v) is 16.1. The van der Waals surface area contributed by atoms with E-state index in [4.69, 9.17) is 0 Å². The summed E-state index contributed by atoms with van der Waals surface area (Å²) in [6.07, 6.45) is 3.12.